The number of ether oxygens (including phenoxy) is 2. The van der Waals surface area contributed by atoms with E-state index >= 15 is 0 Å². The van der Waals surface area contributed by atoms with Crippen molar-refractivity contribution in [1.29, 1.82) is 0 Å². The largest absolute Gasteiger partial charge is 0.486 e. The lowest BCUT2D eigenvalue weighted by molar-refractivity contribution is 0.0316. The fourth-order valence-corrected chi connectivity index (χ4v) is 3.18. The Balaban J connectivity index is 1.73. The van der Waals surface area contributed by atoms with Crippen LogP contribution in [0.3, 0.4) is 0 Å². The first kappa shape index (κ1) is 13.7. The molecule has 4 nitrogen and oxygen atoms in total. The van der Waals surface area contributed by atoms with Crippen LogP contribution in [-0.4, -0.2) is 41.9 Å². The van der Waals surface area contributed by atoms with E-state index < -0.39 is 0 Å². The molecule has 1 aromatic rings. The van der Waals surface area contributed by atoms with Crippen molar-refractivity contribution in [2.24, 2.45) is 0 Å². The number of hydrogen-bond donors (Lipinski definition) is 1. The van der Waals surface area contributed by atoms with Gasteiger partial charge in [0.05, 0.1) is 6.10 Å². The lowest BCUT2D eigenvalue weighted by atomic mass is 9.97. The van der Waals surface area contributed by atoms with Crippen LogP contribution in [0.4, 0.5) is 0 Å². The molecule has 2 atom stereocenters. The number of hydrogen-bond acceptors (Lipinski definition) is 4. The fraction of sp³-hybridized carbons (Fsp3) is 0.625. The van der Waals surface area contributed by atoms with E-state index in [9.17, 15) is 5.11 Å². The van der Waals surface area contributed by atoms with Crippen LogP contribution < -0.4 is 9.47 Å². The van der Waals surface area contributed by atoms with Gasteiger partial charge in [0.25, 0.3) is 0 Å². The number of piperidine rings is 1. The molecule has 0 unspecified atom stereocenters. The van der Waals surface area contributed by atoms with Crippen molar-refractivity contribution >= 4 is 0 Å². The van der Waals surface area contributed by atoms with Crippen molar-refractivity contribution < 1.29 is 14.6 Å². The maximum atomic E-state index is 9.93. The average molecular weight is 277 g/mol. The van der Waals surface area contributed by atoms with Crippen LogP contribution in [0.1, 0.15) is 31.7 Å². The molecule has 2 heterocycles. The van der Waals surface area contributed by atoms with Gasteiger partial charge < -0.3 is 14.6 Å². The van der Waals surface area contributed by atoms with Gasteiger partial charge in [0, 0.05) is 12.6 Å². The van der Waals surface area contributed by atoms with E-state index in [4.69, 9.17) is 9.47 Å². The highest BCUT2D eigenvalue weighted by Gasteiger charge is 2.26. The summed E-state index contributed by atoms with van der Waals surface area (Å²) in [6.45, 7) is 5.07. The first-order valence-electron chi connectivity index (χ1n) is 7.54. The third-order valence-electron chi connectivity index (χ3n) is 4.21. The number of rotatable bonds is 3. The van der Waals surface area contributed by atoms with Gasteiger partial charge >= 0.3 is 0 Å². The quantitative estimate of drug-likeness (QED) is 0.919. The second-order valence-electron chi connectivity index (χ2n) is 5.75. The molecule has 110 valence electrons. The molecular formula is C16H23NO3. The molecule has 3 rings (SSSR count). The Morgan fingerprint density at radius 1 is 1.25 bits per heavy atom. The van der Waals surface area contributed by atoms with E-state index in [-0.39, 0.29) is 12.1 Å². The van der Waals surface area contributed by atoms with Crippen LogP contribution in [0.2, 0.25) is 0 Å². The van der Waals surface area contributed by atoms with Crippen LogP contribution >= 0.6 is 0 Å². The van der Waals surface area contributed by atoms with Gasteiger partial charge in [0.15, 0.2) is 11.5 Å². The molecule has 1 aromatic carbocycles. The predicted molar refractivity (Wildman–Crippen MR) is 77.2 cm³/mol. The number of aliphatic hydroxyl groups is 1. The summed E-state index contributed by atoms with van der Waals surface area (Å²) in [6.07, 6.45) is 3.25. The topological polar surface area (TPSA) is 41.9 Å². The first-order chi connectivity index (χ1) is 9.74. The minimum absolute atomic E-state index is 0.271. The molecule has 20 heavy (non-hydrogen) atoms. The molecule has 0 saturated carbocycles. The van der Waals surface area contributed by atoms with Crippen molar-refractivity contribution in [2.75, 3.05) is 19.8 Å². The highest BCUT2D eigenvalue weighted by Crippen LogP contribution is 2.32. The maximum Gasteiger partial charge on any atom is 0.161 e. The Labute approximate surface area is 120 Å². The minimum Gasteiger partial charge on any atom is -0.486 e. The normalized spacial score (nSPS) is 24.4. The summed E-state index contributed by atoms with van der Waals surface area (Å²) in [4.78, 5) is 2.39. The Morgan fingerprint density at radius 3 is 2.85 bits per heavy atom. The van der Waals surface area contributed by atoms with E-state index in [1.54, 1.807) is 0 Å². The zero-order valence-electron chi connectivity index (χ0n) is 12.0. The highest BCUT2D eigenvalue weighted by atomic mass is 16.6. The molecule has 1 N–H and O–H groups in total. The van der Waals surface area contributed by atoms with Gasteiger partial charge in [-0.15, -0.1) is 0 Å². The fourth-order valence-electron chi connectivity index (χ4n) is 3.18. The number of benzene rings is 1. The summed E-state index contributed by atoms with van der Waals surface area (Å²) >= 11 is 0. The standard InChI is InChI=1S/C16H23NO3/c1-12(18)14-4-2-3-7-17(14)11-13-5-6-15-16(10-13)20-9-8-19-15/h5-6,10,12,14,18H,2-4,7-9,11H2,1H3/t12-,14+/m1/s1. The van der Waals surface area contributed by atoms with Gasteiger partial charge in [-0.3, -0.25) is 4.90 Å². The molecule has 1 saturated heterocycles. The molecule has 2 aliphatic heterocycles. The summed E-state index contributed by atoms with van der Waals surface area (Å²) < 4.78 is 11.2. The van der Waals surface area contributed by atoms with E-state index in [1.807, 2.05) is 13.0 Å². The third-order valence-corrected chi connectivity index (χ3v) is 4.21. The first-order valence-corrected chi connectivity index (χ1v) is 7.54. The van der Waals surface area contributed by atoms with Gasteiger partial charge in [-0.2, -0.15) is 0 Å². The maximum absolute atomic E-state index is 9.93. The van der Waals surface area contributed by atoms with Crippen LogP contribution in [-0.2, 0) is 6.54 Å². The third kappa shape index (κ3) is 2.91. The molecular weight excluding hydrogens is 254 g/mol. The van der Waals surface area contributed by atoms with Crippen LogP contribution in [0.25, 0.3) is 0 Å². The SMILES string of the molecule is C[C@@H](O)[C@@H]1CCCCN1Cc1ccc2c(c1)OCCO2. The summed E-state index contributed by atoms with van der Waals surface area (Å²) in [5, 5.41) is 9.93. The Hall–Kier alpha value is -1.26. The molecule has 0 amide bonds. The molecule has 1 fully saturated rings. The zero-order valence-corrected chi connectivity index (χ0v) is 12.0. The van der Waals surface area contributed by atoms with Gasteiger partial charge in [-0.25, -0.2) is 0 Å². The van der Waals surface area contributed by atoms with Crippen LogP contribution in [0.15, 0.2) is 18.2 Å². The number of aliphatic hydroxyl groups excluding tert-OH is 1. The molecule has 0 spiro atoms. The van der Waals surface area contributed by atoms with Crippen LogP contribution in [0.5, 0.6) is 11.5 Å². The summed E-state index contributed by atoms with van der Waals surface area (Å²) in [7, 11) is 0. The summed E-state index contributed by atoms with van der Waals surface area (Å²) in [5.41, 5.74) is 1.22. The second kappa shape index (κ2) is 6.02. The van der Waals surface area contributed by atoms with Crippen molar-refractivity contribution in [3.63, 3.8) is 0 Å². The number of likely N-dealkylation sites (tertiary alicyclic amines) is 1. The van der Waals surface area contributed by atoms with Crippen molar-refractivity contribution in [2.45, 2.75) is 44.9 Å². The van der Waals surface area contributed by atoms with E-state index in [0.29, 0.717) is 13.2 Å². The Kier molecular flexibility index (Phi) is 4.13. The van der Waals surface area contributed by atoms with Gasteiger partial charge in [-0.05, 0) is 44.0 Å². The Bertz CT molecular complexity index is 461. The minimum atomic E-state index is -0.271. The highest BCUT2D eigenvalue weighted by molar-refractivity contribution is 5.43. The molecule has 4 heteroatoms. The van der Waals surface area contributed by atoms with Gasteiger partial charge in [0.2, 0.25) is 0 Å². The lowest BCUT2D eigenvalue weighted by Crippen LogP contribution is -2.45. The molecule has 0 aliphatic carbocycles. The lowest BCUT2D eigenvalue weighted by Gasteiger charge is -2.37. The summed E-state index contributed by atoms with van der Waals surface area (Å²) in [6, 6.07) is 6.44. The summed E-state index contributed by atoms with van der Waals surface area (Å²) in [5.74, 6) is 1.69. The van der Waals surface area contributed by atoms with E-state index in [2.05, 4.69) is 17.0 Å². The van der Waals surface area contributed by atoms with Crippen molar-refractivity contribution in [3.05, 3.63) is 23.8 Å². The van der Waals surface area contributed by atoms with E-state index in [0.717, 1.165) is 31.0 Å². The van der Waals surface area contributed by atoms with Gasteiger partial charge in [-0.1, -0.05) is 12.5 Å². The smallest absolute Gasteiger partial charge is 0.161 e. The monoisotopic (exact) mass is 277 g/mol. The Morgan fingerprint density at radius 2 is 2.05 bits per heavy atom. The molecule has 0 aromatic heterocycles. The van der Waals surface area contributed by atoms with Crippen LogP contribution in [0, 0.1) is 0 Å². The second-order valence-corrected chi connectivity index (χ2v) is 5.75. The van der Waals surface area contributed by atoms with Crippen molar-refractivity contribution in [3.8, 4) is 11.5 Å². The molecule has 0 radical (unpaired) electrons. The average Bonchev–Trinajstić information content (AvgIpc) is 2.47. The zero-order chi connectivity index (χ0) is 13.9. The van der Waals surface area contributed by atoms with Crippen molar-refractivity contribution in [1.82, 2.24) is 4.90 Å². The molecule has 0 bridgehead atoms. The van der Waals surface area contributed by atoms with Gasteiger partial charge in [0.1, 0.15) is 13.2 Å². The predicted octanol–water partition coefficient (Wildman–Crippen LogP) is 2.19. The number of nitrogens with zero attached hydrogens (tertiary/aromatic N) is 1. The number of fused-ring (bicyclic) bond motifs is 1. The van der Waals surface area contributed by atoms with E-state index in [1.165, 1.54) is 18.4 Å². The molecule has 2 aliphatic rings.